The lowest BCUT2D eigenvalue weighted by molar-refractivity contribution is -0.142. The van der Waals surface area contributed by atoms with Gasteiger partial charge in [-0.25, -0.2) is 14.4 Å². The third kappa shape index (κ3) is 4.65. The molecule has 8 heteroatoms. The van der Waals surface area contributed by atoms with Crippen molar-refractivity contribution in [3.63, 3.8) is 0 Å². The summed E-state index contributed by atoms with van der Waals surface area (Å²) in [7, 11) is 1.26. The molecule has 1 amide bonds. The number of esters is 1. The number of benzene rings is 1. The largest absolute Gasteiger partial charge is 0.488 e. The van der Waals surface area contributed by atoms with Gasteiger partial charge in [-0.3, -0.25) is 4.90 Å². The number of hydrogen-bond acceptors (Lipinski definition) is 6. The molecule has 1 fully saturated rings. The van der Waals surface area contributed by atoms with Crippen molar-refractivity contribution < 1.29 is 33.7 Å². The van der Waals surface area contributed by atoms with E-state index in [1.807, 2.05) is 0 Å². The molecule has 0 saturated carbocycles. The van der Waals surface area contributed by atoms with Crippen LogP contribution in [0.2, 0.25) is 0 Å². The predicted octanol–water partition coefficient (Wildman–Crippen LogP) is 2.31. The van der Waals surface area contributed by atoms with E-state index in [1.54, 1.807) is 45.0 Å². The minimum atomic E-state index is -1.14. The van der Waals surface area contributed by atoms with Gasteiger partial charge in [-0.15, -0.1) is 0 Å². The van der Waals surface area contributed by atoms with Gasteiger partial charge in [0.15, 0.2) is 0 Å². The molecule has 26 heavy (non-hydrogen) atoms. The highest BCUT2D eigenvalue weighted by atomic mass is 16.6. The van der Waals surface area contributed by atoms with Crippen molar-refractivity contribution in [3.05, 3.63) is 29.8 Å². The number of amides is 1. The zero-order valence-electron chi connectivity index (χ0n) is 15.2. The number of ether oxygens (including phenoxy) is 3. The number of aliphatic carboxylic acids is 1. The molecule has 1 aromatic rings. The second kappa shape index (κ2) is 7.63. The number of nitrogens with zero attached hydrogens (tertiary/aromatic N) is 1. The Morgan fingerprint density at radius 2 is 1.85 bits per heavy atom. The summed E-state index contributed by atoms with van der Waals surface area (Å²) < 4.78 is 15.8. The zero-order valence-corrected chi connectivity index (χ0v) is 15.2. The first-order valence-electron chi connectivity index (χ1n) is 8.19. The fraction of sp³-hybridized carbons (Fsp3) is 0.500. The summed E-state index contributed by atoms with van der Waals surface area (Å²) in [5.41, 5.74) is -0.506. The molecule has 0 aliphatic carbocycles. The number of carboxylic acid groups (broad SMARTS) is 1. The van der Waals surface area contributed by atoms with E-state index < -0.39 is 35.8 Å². The van der Waals surface area contributed by atoms with Crippen LogP contribution >= 0.6 is 0 Å². The van der Waals surface area contributed by atoms with Crippen LogP contribution in [0.15, 0.2) is 24.3 Å². The van der Waals surface area contributed by atoms with E-state index in [-0.39, 0.29) is 24.3 Å². The molecule has 1 N–H and O–H groups in total. The van der Waals surface area contributed by atoms with E-state index in [1.165, 1.54) is 7.11 Å². The summed E-state index contributed by atoms with van der Waals surface area (Å²) in [6.07, 6.45) is -1.21. The van der Waals surface area contributed by atoms with E-state index in [2.05, 4.69) is 0 Å². The number of likely N-dealkylation sites (tertiary alicyclic amines) is 1. The van der Waals surface area contributed by atoms with Gasteiger partial charge in [-0.1, -0.05) is 12.1 Å². The fourth-order valence-corrected chi connectivity index (χ4v) is 2.67. The average molecular weight is 365 g/mol. The molecule has 142 valence electrons. The van der Waals surface area contributed by atoms with Crippen LogP contribution in [0.25, 0.3) is 0 Å². The van der Waals surface area contributed by atoms with Crippen LogP contribution in [-0.4, -0.2) is 59.4 Å². The van der Waals surface area contributed by atoms with Crippen molar-refractivity contribution in [1.82, 2.24) is 4.90 Å². The summed E-state index contributed by atoms with van der Waals surface area (Å²) in [5.74, 6) is -1.42. The highest BCUT2D eigenvalue weighted by Crippen LogP contribution is 2.27. The topological polar surface area (TPSA) is 102 Å². The van der Waals surface area contributed by atoms with Crippen LogP contribution in [0.4, 0.5) is 4.79 Å². The highest BCUT2D eigenvalue weighted by Gasteiger charge is 2.43. The Bertz CT molecular complexity index is 695. The first-order valence-corrected chi connectivity index (χ1v) is 8.19. The van der Waals surface area contributed by atoms with Crippen molar-refractivity contribution in [2.45, 2.75) is 44.9 Å². The highest BCUT2D eigenvalue weighted by molar-refractivity contribution is 5.92. The van der Waals surface area contributed by atoms with E-state index in [4.69, 9.17) is 14.2 Å². The van der Waals surface area contributed by atoms with Crippen LogP contribution in [0, 0.1) is 0 Å². The van der Waals surface area contributed by atoms with Crippen LogP contribution in [0.5, 0.6) is 5.75 Å². The van der Waals surface area contributed by atoms with Crippen molar-refractivity contribution in [3.8, 4) is 5.75 Å². The number of rotatable bonds is 4. The Morgan fingerprint density at radius 1 is 1.19 bits per heavy atom. The van der Waals surface area contributed by atoms with Crippen molar-refractivity contribution in [2.75, 3.05) is 13.7 Å². The van der Waals surface area contributed by atoms with Crippen LogP contribution in [0.1, 0.15) is 37.6 Å². The maximum atomic E-state index is 12.3. The number of para-hydroxylation sites is 1. The number of hydrogen-bond donors (Lipinski definition) is 1. The standard InChI is InChI=1S/C18H23NO7/c1-18(2,3)26-17(23)19-10-11(9-13(19)15(20)21)25-14-8-6-5-7-12(14)16(22)24-4/h5-8,11,13H,9-10H2,1-4H3,(H,20,21). The van der Waals surface area contributed by atoms with E-state index in [0.717, 1.165) is 4.90 Å². The molecule has 1 aliphatic heterocycles. The number of carbonyl (C=O) groups is 3. The maximum absolute atomic E-state index is 12.3. The molecule has 0 radical (unpaired) electrons. The summed E-state index contributed by atoms with van der Waals surface area (Å²) >= 11 is 0. The first-order chi connectivity index (χ1) is 12.1. The third-order valence-corrected chi connectivity index (χ3v) is 3.76. The lowest BCUT2D eigenvalue weighted by Gasteiger charge is -2.26. The average Bonchev–Trinajstić information content (AvgIpc) is 2.97. The lowest BCUT2D eigenvalue weighted by Crippen LogP contribution is -2.43. The Hall–Kier alpha value is -2.77. The monoisotopic (exact) mass is 365 g/mol. The van der Waals surface area contributed by atoms with E-state index in [0.29, 0.717) is 0 Å². The number of carboxylic acids is 1. The van der Waals surface area contributed by atoms with Crippen LogP contribution in [-0.2, 0) is 14.3 Å². The lowest BCUT2D eigenvalue weighted by atomic mass is 10.1. The van der Waals surface area contributed by atoms with Crippen molar-refractivity contribution in [1.29, 1.82) is 0 Å². The van der Waals surface area contributed by atoms with Gasteiger partial charge in [0.2, 0.25) is 0 Å². The van der Waals surface area contributed by atoms with Gasteiger partial charge in [0.1, 0.15) is 29.1 Å². The molecular formula is C18H23NO7. The summed E-state index contributed by atoms with van der Waals surface area (Å²) in [6.45, 7) is 5.16. The third-order valence-electron chi connectivity index (χ3n) is 3.76. The smallest absolute Gasteiger partial charge is 0.411 e. The molecule has 1 heterocycles. The molecule has 1 saturated heterocycles. The number of carbonyl (C=O) groups excluding carboxylic acids is 2. The van der Waals surface area contributed by atoms with Gasteiger partial charge in [0.05, 0.1) is 13.7 Å². The number of methoxy groups -OCH3 is 1. The second-order valence-corrected chi connectivity index (χ2v) is 6.95. The van der Waals surface area contributed by atoms with Crippen molar-refractivity contribution in [2.24, 2.45) is 0 Å². The molecule has 2 unspecified atom stereocenters. The molecule has 0 bridgehead atoms. The molecule has 0 aromatic heterocycles. The fourth-order valence-electron chi connectivity index (χ4n) is 2.67. The van der Waals surface area contributed by atoms with E-state index in [9.17, 15) is 19.5 Å². The Labute approximate surface area is 151 Å². The summed E-state index contributed by atoms with van der Waals surface area (Å²) in [6, 6.07) is 5.45. The van der Waals surface area contributed by atoms with Gasteiger partial charge in [-0.2, -0.15) is 0 Å². The summed E-state index contributed by atoms with van der Waals surface area (Å²) in [4.78, 5) is 36.8. The molecule has 1 aliphatic rings. The van der Waals surface area contributed by atoms with Gasteiger partial charge in [-0.05, 0) is 32.9 Å². The molecular weight excluding hydrogens is 342 g/mol. The first kappa shape index (κ1) is 19.6. The predicted molar refractivity (Wildman–Crippen MR) is 91.2 cm³/mol. The Morgan fingerprint density at radius 3 is 2.42 bits per heavy atom. The maximum Gasteiger partial charge on any atom is 0.411 e. The zero-order chi connectivity index (χ0) is 19.5. The Kier molecular flexibility index (Phi) is 5.74. The minimum absolute atomic E-state index is 0.0430. The van der Waals surface area contributed by atoms with Gasteiger partial charge in [0.25, 0.3) is 0 Å². The quantitative estimate of drug-likeness (QED) is 0.817. The summed E-state index contributed by atoms with van der Waals surface area (Å²) in [5, 5.41) is 9.42. The van der Waals surface area contributed by atoms with Crippen LogP contribution in [0.3, 0.4) is 0 Å². The normalized spacial score (nSPS) is 19.8. The Balaban J connectivity index is 2.17. The van der Waals surface area contributed by atoms with Crippen LogP contribution < -0.4 is 4.74 Å². The SMILES string of the molecule is COC(=O)c1ccccc1OC1CC(C(=O)O)N(C(=O)OC(C)(C)C)C1. The second-order valence-electron chi connectivity index (χ2n) is 6.95. The van der Waals surface area contributed by atoms with Gasteiger partial charge in [0, 0.05) is 6.42 Å². The van der Waals surface area contributed by atoms with Gasteiger partial charge >= 0.3 is 18.0 Å². The van der Waals surface area contributed by atoms with E-state index >= 15 is 0 Å². The minimum Gasteiger partial charge on any atom is -0.488 e. The molecule has 2 rings (SSSR count). The molecule has 0 spiro atoms. The molecule has 2 atom stereocenters. The molecule has 1 aromatic carbocycles. The van der Waals surface area contributed by atoms with Crippen molar-refractivity contribution >= 4 is 18.0 Å². The van der Waals surface area contributed by atoms with Gasteiger partial charge < -0.3 is 19.3 Å². The molecule has 8 nitrogen and oxygen atoms in total.